The molecule has 0 bridgehead atoms. The Morgan fingerprint density at radius 2 is 1.77 bits per heavy atom. The molecule has 3 aromatic rings. The summed E-state index contributed by atoms with van der Waals surface area (Å²) in [7, 11) is -0.0805. The van der Waals surface area contributed by atoms with Crippen LogP contribution in [-0.2, 0) is 19.1 Å². The van der Waals surface area contributed by atoms with Gasteiger partial charge in [0.05, 0.1) is 36.8 Å². The third kappa shape index (κ3) is 5.57. The van der Waals surface area contributed by atoms with Crippen molar-refractivity contribution in [3.63, 3.8) is 0 Å². The molecule has 2 heterocycles. The number of allylic oxidation sites excluding steroid dienone is 1. The minimum atomic E-state index is -1.71. The number of benzene rings is 3. The number of methoxy groups -OCH3 is 1. The van der Waals surface area contributed by atoms with Gasteiger partial charge in [0.1, 0.15) is 5.75 Å². The van der Waals surface area contributed by atoms with Crippen LogP contribution in [0.3, 0.4) is 0 Å². The van der Waals surface area contributed by atoms with Gasteiger partial charge in [0.25, 0.3) is 0 Å². The number of carbonyl (C=O) groups excluding carboxylic acids is 2. The molecular weight excluding hydrogens is 545 g/mol. The average molecular weight is 579 g/mol. The molecule has 1 aliphatic carbocycles. The molecule has 0 radical (unpaired) electrons. The first-order chi connectivity index (χ1) is 20.9. The second-order valence-corrected chi connectivity index (χ2v) is 11.4. The van der Waals surface area contributed by atoms with Crippen molar-refractivity contribution >= 4 is 41.7 Å². The molecule has 3 aliphatic rings. The number of amides is 2. The molecule has 0 spiro atoms. The maximum absolute atomic E-state index is 13.9. The minimum absolute atomic E-state index is 0.210. The number of nitrogens with zero attached hydrogens (tertiary/aromatic N) is 1. The van der Waals surface area contributed by atoms with Crippen LogP contribution in [0, 0.1) is 17.8 Å². The lowest BCUT2D eigenvalue weighted by Crippen LogP contribution is -2.36. The normalized spacial score (nSPS) is 23.5. The molecule has 0 saturated carbocycles. The Balaban J connectivity index is 1.28. The van der Waals surface area contributed by atoms with Gasteiger partial charge in [-0.3, -0.25) is 14.5 Å². The van der Waals surface area contributed by atoms with Gasteiger partial charge < -0.3 is 24.6 Å². The summed E-state index contributed by atoms with van der Waals surface area (Å²) in [4.78, 5) is 28.7. The maximum Gasteiger partial charge on any atom is 0.488 e. The van der Waals surface area contributed by atoms with E-state index in [-0.39, 0.29) is 35.0 Å². The summed E-state index contributed by atoms with van der Waals surface area (Å²) in [5, 5.41) is 29.7. The number of phenolic OH excluding ortho intramolecular Hbond substituents is 1. The van der Waals surface area contributed by atoms with Crippen molar-refractivity contribution in [2.45, 2.75) is 25.4 Å². The number of hydrogen-bond acceptors (Lipinski definition) is 7. The highest BCUT2D eigenvalue weighted by atomic mass is 16.5. The third-order valence-corrected chi connectivity index (χ3v) is 8.84. The van der Waals surface area contributed by atoms with Crippen molar-refractivity contribution in [3.05, 3.63) is 101 Å². The maximum atomic E-state index is 13.9. The number of anilines is 1. The van der Waals surface area contributed by atoms with Gasteiger partial charge in [-0.2, -0.15) is 0 Å². The van der Waals surface area contributed by atoms with Crippen molar-refractivity contribution in [1.82, 2.24) is 0 Å². The molecular formula is C34H34BNO7. The van der Waals surface area contributed by atoms with E-state index in [9.17, 15) is 24.7 Å². The van der Waals surface area contributed by atoms with Crippen LogP contribution in [0.2, 0.25) is 0 Å². The fraction of sp³-hybridized carbons (Fsp3) is 0.294. The molecule has 3 aromatic carbocycles. The Bertz CT molecular complexity index is 1580. The number of hydrogen-bond donors (Lipinski definition) is 3. The standard InChI is InChI=1S/C34H34BNO7/c1-42-19-24-17-27-32(34(39)36(33(27)38)26-12-7-11-25(18-26)35(40)41)28-20-43-30(31(24)28)15-14-22(21-8-3-2-4-9-21)16-23-10-5-6-13-29(23)37/h2-13,16,18,27-28,30,32,37,40-41H,14-15,17,19-20H2,1H3/b22-16-/t27-,28+,30-,32-/m1/s1. The molecule has 0 unspecified atom stereocenters. The molecule has 2 saturated heterocycles. The molecule has 43 heavy (non-hydrogen) atoms. The van der Waals surface area contributed by atoms with Gasteiger partial charge in [0.15, 0.2) is 0 Å². The van der Waals surface area contributed by atoms with Gasteiger partial charge in [-0.05, 0) is 71.3 Å². The van der Waals surface area contributed by atoms with E-state index in [2.05, 4.69) is 0 Å². The molecule has 8 nitrogen and oxygen atoms in total. The second kappa shape index (κ2) is 12.3. The molecule has 220 valence electrons. The van der Waals surface area contributed by atoms with Crippen LogP contribution in [0.1, 0.15) is 30.4 Å². The van der Waals surface area contributed by atoms with E-state index in [0.717, 1.165) is 27.8 Å². The first kappa shape index (κ1) is 29.1. The Morgan fingerprint density at radius 1 is 1.00 bits per heavy atom. The summed E-state index contributed by atoms with van der Waals surface area (Å²) in [6.07, 6.45) is 3.51. The topological polar surface area (TPSA) is 117 Å². The SMILES string of the molecule is COCC1=C2[C@@H](CC/C(=C/c3ccccc3O)c3ccccc3)OC[C@@H]2[C@@H]2C(=O)N(c3cccc(B(O)O)c3)C(=O)[C@@H]2C1. The molecule has 9 heteroatoms. The smallest absolute Gasteiger partial charge is 0.488 e. The lowest BCUT2D eigenvalue weighted by atomic mass is 9.69. The van der Waals surface area contributed by atoms with E-state index >= 15 is 0 Å². The lowest BCUT2D eigenvalue weighted by molar-refractivity contribution is -0.122. The third-order valence-electron chi connectivity index (χ3n) is 8.84. The summed E-state index contributed by atoms with van der Waals surface area (Å²) < 4.78 is 12.0. The van der Waals surface area contributed by atoms with E-state index in [0.29, 0.717) is 38.2 Å². The zero-order chi connectivity index (χ0) is 30.1. The molecule has 2 amide bonds. The highest BCUT2D eigenvalue weighted by molar-refractivity contribution is 6.58. The quantitative estimate of drug-likeness (QED) is 0.154. The summed E-state index contributed by atoms with van der Waals surface area (Å²) >= 11 is 0. The highest BCUT2D eigenvalue weighted by Crippen LogP contribution is 2.50. The van der Waals surface area contributed by atoms with E-state index < -0.39 is 19.0 Å². The van der Waals surface area contributed by atoms with Crippen LogP contribution in [0.25, 0.3) is 11.6 Å². The average Bonchev–Trinajstić information content (AvgIpc) is 3.55. The number of ether oxygens (including phenoxy) is 2. The lowest BCUT2D eigenvalue weighted by Gasteiger charge is -2.31. The molecule has 2 aliphatic heterocycles. The number of phenols is 1. The second-order valence-electron chi connectivity index (χ2n) is 11.4. The summed E-state index contributed by atoms with van der Waals surface area (Å²) in [6, 6.07) is 23.5. The first-order valence-electron chi connectivity index (χ1n) is 14.6. The number of rotatable bonds is 9. The number of carbonyl (C=O) groups is 2. The van der Waals surface area contributed by atoms with Gasteiger partial charge >= 0.3 is 7.12 Å². The molecule has 6 rings (SSSR count). The molecule has 4 atom stereocenters. The Kier molecular flexibility index (Phi) is 8.32. The predicted octanol–water partition coefficient (Wildman–Crippen LogP) is 3.56. The number of para-hydroxylation sites is 1. The summed E-state index contributed by atoms with van der Waals surface area (Å²) in [5.41, 5.74) is 5.45. The summed E-state index contributed by atoms with van der Waals surface area (Å²) in [5.74, 6) is -1.69. The van der Waals surface area contributed by atoms with Gasteiger partial charge in [-0.1, -0.05) is 60.7 Å². The van der Waals surface area contributed by atoms with Crippen molar-refractivity contribution in [1.29, 1.82) is 0 Å². The fourth-order valence-electron chi connectivity index (χ4n) is 6.89. The van der Waals surface area contributed by atoms with Crippen LogP contribution in [0.4, 0.5) is 5.69 Å². The van der Waals surface area contributed by atoms with E-state index in [1.54, 1.807) is 31.4 Å². The first-order valence-corrected chi connectivity index (χ1v) is 14.6. The Hall–Kier alpha value is -4.02. The van der Waals surface area contributed by atoms with E-state index in [4.69, 9.17) is 9.47 Å². The van der Waals surface area contributed by atoms with Crippen molar-refractivity contribution < 1.29 is 34.2 Å². The van der Waals surface area contributed by atoms with Gasteiger partial charge in [-0.15, -0.1) is 0 Å². The zero-order valence-electron chi connectivity index (χ0n) is 23.9. The molecule has 0 aromatic heterocycles. The van der Waals surface area contributed by atoms with Gasteiger partial charge in [-0.25, -0.2) is 0 Å². The van der Waals surface area contributed by atoms with Crippen LogP contribution in [0.5, 0.6) is 5.75 Å². The number of imide groups is 1. The summed E-state index contributed by atoms with van der Waals surface area (Å²) in [6.45, 7) is 0.683. The van der Waals surface area contributed by atoms with Gasteiger partial charge in [0.2, 0.25) is 11.8 Å². The van der Waals surface area contributed by atoms with Crippen molar-refractivity contribution in [2.24, 2.45) is 17.8 Å². The van der Waals surface area contributed by atoms with Crippen molar-refractivity contribution in [2.75, 3.05) is 25.2 Å². The fourth-order valence-corrected chi connectivity index (χ4v) is 6.89. The Labute approximate surface area is 251 Å². The number of fused-ring (bicyclic) bond motifs is 3. The highest BCUT2D eigenvalue weighted by Gasteiger charge is 2.57. The van der Waals surface area contributed by atoms with Crippen molar-refractivity contribution in [3.8, 4) is 5.75 Å². The Morgan fingerprint density at radius 3 is 2.51 bits per heavy atom. The van der Waals surface area contributed by atoms with Crippen LogP contribution in [0.15, 0.2) is 90.0 Å². The zero-order valence-corrected chi connectivity index (χ0v) is 23.9. The largest absolute Gasteiger partial charge is 0.507 e. The predicted molar refractivity (Wildman–Crippen MR) is 164 cm³/mol. The minimum Gasteiger partial charge on any atom is -0.507 e. The number of aromatic hydroxyl groups is 1. The van der Waals surface area contributed by atoms with Crippen LogP contribution in [-0.4, -0.2) is 60.5 Å². The molecule has 3 N–H and O–H groups in total. The van der Waals surface area contributed by atoms with Gasteiger partial charge in [0, 0.05) is 18.6 Å². The molecule has 2 fully saturated rings. The van der Waals surface area contributed by atoms with E-state index in [1.165, 1.54) is 17.0 Å². The van der Waals surface area contributed by atoms with Crippen LogP contribution < -0.4 is 10.4 Å². The monoisotopic (exact) mass is 579 g/mol. The van der Waals surface area contributed by atoms with E-state index in [1.807, 2.05) is 48.5 Å². The van der Waals surface area contributed by atoms with Crippen LogP contribution >= 0.6 is 0 Å².